The molecule has 0 aliphatic rings. The molecular weight excluding hydrogens is 204 g/mol. The smallest absolute Gasteiger partial charge is 0.0194 e. The molecule has 0 radical (unpaired) electrons. The van der Waals surface area contributed by atoms with Gasteiger partial charge in [0.25, 0.3) is 0 Å². The van der Waals surface area contributed by atoms with Crippen molar-refractivity contribution in [2.45, 2.75) is 22.2 Å². The Morgan fingerprint density at radius 3 is 1.18 bits per heavy atom. The van der Waals surface area contributed by atoms with E-state index in [9.17, 15) is 0 Å². The molecule has 0 atom stereocenters. The van der Waals surface area contributed by atoms with Crippen LogP contribution in [0.4, 0.5) is 0 Å². The third kappa shape index (κ3) is 5.72. The minimum absolute atomic E-state index is 0. The Morgan fingerprint density at radius 1 is 0.588 bits per heavy atom. The first-order chi connectivity index (χ1) is 8.95. The Bertz CT molecular complexity index is 366. The first-order valence-corrected chi connectivity index (χ1v) is 4.73. The highest BCUT2D eigenvalue weighted by Gasteiger charge is 1.84. The second-order valence-electron chi connectivity index (χ2n) is 3.15. The van der Waals surface area contributed by atoms with Gasteiger partial charge in [-0.25, -0.2) is 0 Å². The maximum atomic E-state index is 5.75. The lowest BCUT2D eigenvalue weighted by Crippen LogP contribution is -1.70. The molecule has 2 rings (SSSR count). The van der Waals surface area contributed by atoms with Gasteiger partial charge >= 0.3 is 0 Å². The largest absolute Gasteiger partial charge is 0.0776 e. The summed E-state index contributed by atoms with van der Waals surface area (Å²) in [6.07, 6.45) is 4.24. The first kappa shape index (κ1) is 13.2. The molecule has 0 unspecified atom stereocenters. The van der Waals surface area contributed by atoms with Gasteiger partial charge in [0.2, 0.25) is 0 Å². The van der Waals surface area contributed by atoms with Crippen LogP contribution in [0.5, 0.6) is 0 Å². The molecule has 2 aromatic carbocycles. The topological polar surface area (TPSA) is 0 Å². The number of hydrogen-bond donors (Lipinski definition) is 0. The third-order valence-corrected chi connectivity index (χ3v) is 2.07. The number of benzene rings is 2. The van der Waals surface area contributed by atoms with Crippen LogP contribution in [0.3, 0.4) is 0 Å². The van der Waals surface area contributed by atoms with Crippen LogP contribution in [0.1, 0.15) is 36.1 Å². The second kappa shape index (κ2) is 9.41. The molecule has 0 heterocycles. The van der Waals surface area contributed by atoms with Gasteiger partial charge in [-0.2, -0.15) is 0 Å². The van der Waals surface area contributed by atoms with Gasteiger partial charge in [0, 0.05) is 2.74 Å². The summed E-state index contributed by atoms with van der Waals surface area (Å²) in [5.41, 5.74) is 2.47. The van der Waals surface area contributed by atoms with E-state index in [2.05, 4.69) is 36.4 Å². The molecule has 0 saturated carbocycles. The summed E-state index contributed by atoms with van der Waals surface area (Å²) >= 11 is 0. The molecular formula is C17H24. The molecule has 0 amide bonds. The lowest BCUT2D eigenvalue weighted by Gasteiger charge is -1.92. The second-order valence-corrected chi connectivity index (χ2v) is 3.15. The average Bonchev–Trinajstić information content (AvgIpc) is 2.51. The first-order valence-electron chi connectivity index (χ1n) is 6.73. The zero-order valence-electron chi connectivity index (χ0n) is 11.9. The van der Waals surface area contributed by atoms with Crippen molar-refractivity contribution >= 4 is 12.2 Å². The summed E-state index contributed by atoms with van der Waals surface area (Å²) < 4.78 is 11.5. The molecule has 0 aliphatic heterocycles. The molecule has 17 heavy (non-hydrogen) atoms. The third-order valence-electron chi connectivity index (χ3n) is 2.07. The monoisotopic (exact) mass is 232 g/mol. The summed E-state index contributed by atoms with van der Waals surface area (Å²) in [4.78, 5) is 0. The molecule has 92 valence electrons. The summed E-state index contributed by atoms with van der Waals surface area (Å²) in [7, 11) is 2.50. The van der Waals surface area contributed by atoms with Gasteiger partial charge in [0.1, 0.15) is 0 Å². The van der Waals surface area contributed by atoms with Crippen molar-refractivity contribution in [2.75, 3.05) is 0 Å². The van der Waals surface area contributed by atoms with Crippen molar-refractivity contribution in [1.29, 1.82) is 0 Å². The summed E-state index contributed by atoms with van der Waals surface area (Å²) in [5.74, 6) is 0. The minimum Gasteiger partial charge on any atom is -0.0776 e. The van der Waals surface area contributed by atoms with Gasteiger partial charge in [0.15, 0.2) is 0 Å². The van der Waals surface area contributed by atoms with Crippen molar-refractivity contribution in [3.63, 3.8) is 0 Å². The van der Waals surface area contributed by atoms with Crippen LogP contribution in [0.2, 0.25) is 0 Å². The maximum Gasteiger partial charge on any atom is 0.0194 e. The Hall–Kier alpha value is -1.82. The van der Waals surface area contributed by atoms with Crippen molar-refractivity contribution in [1.82, 2.24) is 0 Å². The summed E-state index contributed by atoms with van der Waals surface area (Å²) in [5, 5.41) is 0. The lowest BCUT2D eigenvalue weighted by atomic mass is 10.1. The quantitative estimate of drug-likeness (QED) is 0.577. The molecule has 0 spiro atoms. The molecule has 0 nitrogen and oxygen atoms in total. The van der Waals surface area contributed by atoms with Crippen LogP contribution in [0.15, 0.2) is 60.7 Å². The van der Waals surface area contributed by atoms with Gasteiger partial charge in [-0.3, -0.25) is 0 Å². The normalized spacial score (nSPS) is 9.53. The Kier molecular flexibility index (Phi) is 7.33. The Morgan fingerprint density at radius 2 is 0.882 bits per heavy atom. The van der Waals surface area contributed by atoms with Crippen LogP contribution < -0.4 is 0 Å². The highest BCUT2D eigenvalue weighted by molar-refractivity contribution is 5.69. The Balaban J connectivity index is 0. The van der Waals surface area contributed by atoms with Crippen molar-refractivity contribution in [3.05, 3.63) is 71.8 Å². The maximum absolute atomic E-state index is 5.75. The van der Waals surface area contributed by atoms with Gasteiger partial charge in [-0.15, -0.1) is 0 Å². The predicted octanol–water partition coefficient (Wildman–Crippen LogP) is 5.77. The van der Waals surface area contributed by atoms with E-state index in [1.807, 2.05) is 36.4 Å². The van der Waals surface area contributed by atoms with Crippen molar-refractivity contribution in [3.8, 4) is 0 Å². The molecule has 2 aromatic rings. The Labute approximate surface area is 109 Å². The number of rotatable bonds is 2. The van der Waals surface area contributed by atoms with Gasteiger partial charge in [-0.1, -0.05) is 95.0 Å². The number of hydrogen-bond acceptors (Lipinski definition) is 0. The lowest BCUT2D eigenvalue weighted by molar-refractivity contribution is 1.65. The highest BCUT2D eigenvalue weighted by atomic mass is 13.9. The SMILES string of the molecule is C.C(=Cc1ccccc1)c1ccccc1.[3H]C.[3H]C. The fraction of sp³-hybridized carbons (Fsp3) is 0.176. The predicted molar refractivity (Wildman–Crippen MR) is 82.0 cm³/mol. The zero-order chi connectivity index (χ0) is 13.6. The van der Waals surface area contributed by atoms with Gasteiger partial charge in [-0.05, 0) is 11.1 Å². The van der Waals surface area contributed by atoms with E-state index in [0.717, 1.165) is 0 Å². The fourth-order valence-corrected chi connectivity index (χ4v) is 1.32. The van der Waals surface area contributed by atoms with Crippen LogP contribution in [-0.4, -0.2) is 0 Å². The average molecular weight is 232 g/mol. The molecule has 0 heteroatoms. The van der Waals surface area contributed by atoms with Gasteiger partial charge < -0.3 is 0 Å². The van der Waals surface area contributed by atoms with E-state index in [4.69, 9.17) is 2.74 Å². The molecule has 0 fully saturated rings. The molecule has 0 saturated heterocycles. The van der Waals surface area contributed by atoms with Crippen LogP contribution in [0.25, 0.3) is 12.2 Å². The van der Waals surface area contributed by atoms with Crippen LogP contribution in [-0.2, 0) is 0 Å². The van der Waals surface area contributed by atoms with E-state index in [-0.39, 0.29) is 7.43 Å². The molecule has 0 aliphatic carbocycles. The van der Waals surface area contributed by atoms with E-state index >= 15 is 0 Å². The standard InChI is InChI=1S/C14H12.3CH4/c1-3-7-13(8-4-1)11-12-14-9-5-2-6-10-14;;;/h1-12H;3*1H4/i;2*1T;. The fourth-order valence-electron chi connectivity index (χ4n) is 1.32. The summed E-state index contributed by atoms with van der Waals surface area (Å²) in [6.45, 7) is 0. The van der Waals surface area contributed by atoms with E-state index in [1.165, 1.54) is 25.9 Å². The van der Waals surface area contributed by atoms with Crippen LogP contribution in [0, 0.1) is 0 Å². The molecule has 0 N–H and O–H groups in total. The minimum atomic E-state index is 0. The van der Waals surface area contributed by atoms with Crippen molar-refractivity contribution in [2.24, 2.45) is 0 Å². The zero-order valence-corrected chi connectivity index (χ0v) is 9.93. The van der Waals surface area contributed by atoms with Crippen molar-refractivity contribution < 1.29 is 2.74 Å². The molecule has 0 aromatic heterocycles. The highest BCUT2D eigenvalue weighted by Crippen LogP contribution is 2.06. The molecule has 0 bridgehead atoms. The van der Waals surface area contributed by atoms with E-state index in [1.54, 1.807) is 0 Å². The van der Waals surface area contributed by atoms with E-state index < -0.39 is 0 Å². The van der Waals surface area contributed by atoms with Gasteiger partial charge in [0.05, 0.1) is 0 Å². The summed E-state index contributed by atoms with van der Waals surface area (Å²) in [6, 6.07) is 20.6. The van der Waals surface area contributed by atoms with Crippen LogP contribution >= 0.6 is 0 Å². The van der Waals surface area contributed by atoms with E-state index in [0.29, 0.717) is 0 Å².